The largest absolute Gasteiger partial charge is 0.493 e. The van der Waals surface area contributed by atoms with Crippen LogP contribution in [-0.2, 0) is 17.1 Å². The predicted molar refractivity (Wildman–Crippen MR) is 126 cm³/mol. The number of aryl methyl sites for hydroxylation is 1. The van der Waals surface area contributed by atoms with Gasteiger partial charge in [0.25, 0.3) is 10.0 Å². The number of nitrogens with one attached hydrogen (secondary N) is 1. The van der Waals surface area contributed by atoms with E-state index in [1.165, 1.54) is 17.1 Å². The van der Waals surface area contributed by atoms with E-state index in [0.29, 0.717) is 36.0 Å². The molecule has 2 N–H and O–H groups in total. The third-order valence-corrected chi connectivity index (χ3v) is 6.50. The van der Waals surface area contributed by atoms with E-state index >= 15 is 0 Å². The van der Waals surface area contributed by atoms with E-state index in [9.17, 15) is 13.5 Å². The monoisotopic (exact) mass is 487 g/mol. The minimum absolute atomic E-state index is 0.0123. The van der Waals surface area contributed by atoms with E-state index in [4.69, 9.17) is 9.47 Å². The highest BCUT2D eigenvalue weighted by atomic mass is 32.2. The first-order valence-electron chi connectivity index (χ1n) is 11.1. The average Bonchev–Trinajstić information content (AvgIpc) is 3.48. The SMILES string of the molecule is Cn1cc(S(=O)(=O)Nc2nc(OCCC(C)(C)O)cc(-c3ccccc3OCC3CC3)n2)cn1. The molecule has 1 saturated carbocycles. The van der Waals surface area contributed by atoms with Gasteiger partial charge in [-0.25, -0.2) is 18.1 Å². The van der Waals surface area contributed by atoms with Gasteiger partial charge < -0.3 is 14.6 Å². The maximum absolute atomic E-state index is 12.8. The Morgan fingerprint density at radius 3 is 2.65 bits per heavy atom. The van der Waals surface area contributed by atoms with Crippen LogP contribution in [0, 0.1) is 5.92 Å². The summed E-state index contributed by atoms with van der Waals surface area (Å²) in [6.07, 6.45) is 5.32. The Labute approximate surface area is 199 Å². The summed E-state index contributed by atoms with van der Waals surface area (Å²) in [7, 11) is -2.33. The highest BCUT2D eigenvalue weighted by molar-refractivity contribution is 7.92. The van der Waals surface area contributed by atoms with Gasteiger partial charge in [-0.2, -0.15) is 10.1 Å². The van der Waals surface area contributed by atoms with Crippen molar-refractivity contribution < 1.29 is 23.0 Å². The summed E-state index contributed by atoms with van der Waals surface area (Å²) < 4.78 is 41.2. The minimum Gasteiger partial charge on any atom is -0.493 e. The molecule has 1 aromatic carbocycles. The van der Waals surface area contributed by atoms with Crippen molar-refractivity contribution in [2.24, 2.45) is 13.0 Å². The van der Waals surface area contributed by atoms with Crippen LogP contribution >= 0.6 is 0 Å². The fourth-order valence-corrected chi connectivity index (χ4v) is 4.03. The van der Waals surface area contributed by atoms with Gasteiger partial charge in [0, 0.05) is 31.3 Å². The fourth-order valence-electron chi connectivity index (χ4n) is 3.10. The Hall–Kier alpha value is -3.18. The number of aromatic nitrogens is 4. The van der Waals surface area contributed by atoms with Gasteiger partial charge in [0.1, 0.15) is 10.6 Å². The molecule has 2 aromatic heterocycles. The maximum Gasteiger partial charge on any atom is 0.267 e. The number of aliphatic hydroxyl groups is 1. The molecule has 0 saturated heterocycles. The van der Waals surface area contributed by atoms with Crippen molar-refractivity contribution in [3.8, 4) is 22.9 Å². The second kappa shape index (κ2) is 9.59. The van der Waals surface area contributed by atoms with Crippen LogP contribution in [0.5, 0.6) is 11.6 Å². The molecule has 11 heteroatoms. The molecule has 1 aliphatic rings. The highest BCUT2D eigenvalue weighted by Crippen LogP contribution is 2.34. The molecule has 1 aliphatic carbocycles. The third-order valence-electron chi connectivity index (χ3n) is 5.22. The molecule has 0 bridgehead atoms. The number of ether oxygens (including phenoxy) is 2. The van der Waals surface area contributed by atoms with Gasteiger partial charge in [0.15, 0.2) is 0 Å². The van der Waals surface area contributed by atoms with Crippen molar-refractivity contribution in [2.75, 3.05) is 17.9 Å². The number of hydrogen-bond acceptors (Lipinski definition) is 8. The van der Waals surface area contributed by atoms with Gasteiger partial charge in [-0.1, -0.05) is 12.1 Å². The second-order valence-corrected chi connectivity index (χ2v) is 10.7. The molecular formula is C23H29N5O5S. The van der Waals surface area contributed by atoms with Crippen molar-refractivity contribution in [1.29, 1.82) is 0 Å². The average molecular weight is 488 g/mol. The molecule has 3 aromatic rings. The van der Waals surface area contributed by atoms with Crippen LogP contribution in [-0.4, -0.2) is 52.1 Å². The van der Waals surface area contributed by atoms with Crippen molar-refractivity contribution in [1.82, 2.24) is 19.7 Å². The summed E-state index contributed by atoms with van der Waals surface area (Å²) in [6.45, 7) is 4.18. The Balaban J connectivity index is 1.66. The smallest absolute Gasteiger partial charge is 0.267 e. The van der Waals surface area contributed by atoms with E-state index < -0.39 is 15.6 Å². The number of hydrogen-bond donors (Lipinski definition) is 2. The molecule has 0 spiro atoms. The van der Waals surface area contributed by atoms with Crippen LogP contribution in [0.1, 0.15) is 33.1 Å². The van der Waals surface area contributed by atoms with Crippen LogP contribution in [0.2, 0.25) is 0 Å². The summed E-state index contributed by atoms with van der Waals surface area (Å²) in [5.74, 6) is 1.25. The standard InChI is InChI=1S/C23H29N5O5S/c1-23(2,29)10-11-32-21-12-19(18-6-4-5-7-20(18)33-15-16-8-9-16)25-22(26-21)27-34(30,31)17-13-24-28(3)14-17/h4-7,12-14,16,29H,8-11,15H2,1-3H3,(H,25,26,27). The van der Waals surface area contributed by atoms with E-state index in [1.807, 2.05) is 24.3 Å². The van der Waals surface area contributed by atoms with E-state index in [1.54, 1.807) is 27.0 Å². The van der Waals surface area contributed by atoms with Gasteiger partial charge in [-0.15, -0.1) is 0 Å². The lowest BCUT2D eigenvalue weighted by Gasteiger charge is -2.17. The fraction of sp³-hybridized carbons (Fsp3) is 0.435. The van der Waals surface area contributed by atoms with Gasteiger partial charge in [0.05, 0.1) is 30.7 Å². The molecule has 182 valence electrons. The lowest BCUT2D eigenvalue weighted by atomic mass is 10.1. The summed E-state index contributed by atoms with van der Waals surface area (Å²) in [6, 6.07) is 9.07. The lowest BCUT2D eigenvalue weighted by molar-refractivity contribution is 0.0547. The predicted octanol–water partition coefficient (Wildman–Crippen LogP) is 3.01. The number of para-hydroxylation sites is 1. The zero-order valence-electron chi connectivity index (χ0n) is 19.4. The molecule has 0 amide bonds. The number of rotatable bonds is 11. The first-order chi connectivity index (χ1) is 16.1. The Kier molecular flexibility index (Phi) is 6.76. The van der Waals surface area contributed by atoms with Crippen LogP contribution < -0.4 is 14.2 Å². The normalized spacial score (nSPS) is 14.1. The van der Waals surface area contributed by atoms with Gasteiger partial charge in [0.2, 0.25) is 11.8 Å². The first kappa shape index (κ1) is 24.0. The van der Waals surface area contributed by atoms with Crippen LogP contribution in [0.15, 0.2) is 47.6 Å². The summed E-state index contributed by atoms with van der Waals surface area (Å²) in [5.41, 5.74) is 0.229. The highest BCUT2D eigenvalue weighted by Gasteiger charge is 2.23. The van der Waals surface area contributed by atoms with Crippen molar-refractivity contribution in [2.45, 2.75) is 43.6 Å². The summed E-state index contributed by atoms with van der Waals surface area (Å²) in [4.78, 5) is 8.67. The van der Waals surface area contributed by atoms with Crippen LogP contribution in [0.3, 0.4) is 0 Å². The molecule has 4 rings (SSSR count). The zero-order valence-corrected chi connectivity index (χ0v) is 20.2. The molecule has 2 heterocycles. The number of sulfonamides is 1. The molecule has 0 radical (unpaired) electrons. The molecule has 1 fully saturated rings. The molecule has 10 nitrogen and oxygen atoms in total. The van der Waals surface area contributed by atoms with Crippen LogP contribution in [0.4, 0.5) is 5.95 Å². The van der Waals surface area contributed by atoms with E-state index in [2.05, 4.69) is 19.8 Å². The van der Waals surface area contributed by atoms with Crippen molar-refractivity contribution >= 4 is 16.0 Å². The van der Waals surface area contributed by atoms with Crippen LogP contribution in [0.25, 0.3) is 11.3 Å². The number of anilines is 1. The molecule has 0 aliphatic heterocycles. The minimum atomic E-state index is -3.96. The third kappa shape index (κ3) is 6.45. The number of nitrogens with zero attached hydrogens (tertiary/aromatic N) is 4. The Bertz CT molecular complexity index is 1250. The second-order valence-electron chi connectivity index (χ2n) is 9.03. The number of benzene rings is 1. The quantitative estimate of drug-likeness (QED) is 0.422. The van der Waals surface area contributed by atoms with Crippen molar-refractivity contribution in [3.05, 3.63) is 42.7 Å². The maximum atomic E-state index is 12.8. The molecule has 0 unspecified atom stereocenters. The summed E-state index contributed by atoms with van der Waals surface area (Å²) >= 11 is 0. The van der Waals surface area contributed by atoms with E-state index in [-0.39, 0.29) is 23.3 Å². The van der Waals surface area contributed by atoms with Crippen molar-refractivity contribution in [3.63, 3.8) is 0 Å². The zero-order chi connectivity index (χ0) is 24.3. The van der Waals surface area contributed by atoms with E-state index in [0.717, 1.165) is 12.8 Å². The molecule has 0 atom stereocenters. The van der Waals surface area contributed by atoms with Gasteiger partial charge in [-0.05, 0) is 44.7 Å². The van der Waals surface area contributed by atoms with Gasteiger partial charge in [-0.3, -0.25) is 4.68 Å². The first-order valence-corrected chi connectivity index (χ1v) is 12.6. The van der Waals surface area contributed by atoms with Gasteiger partial charge >= 0.3 is 0 Å². The Morgan fingerprint density at radius 2 is 1.97 bits per heavy atom. The lowest BCUT2D eigenvalue weighted by Crippen LogP contribution is -2.22. The molecular weight excluding hydrogens is 458 g/mol. The summed E-state index contributed by atoms with van der Waals surface area (Å²) in [5, 5.41) is 13.9. The topological polar surface area (TPSA) is 128 Å². The molecule has 34 heavy (non-hydrogen) atoms. The Morgan fingerprint density at radius 1 is 1.21 bits per heavy atom.